The standard InChI is InChI=1S/C20H14ClN3O2S/c1-12-22-18-19(27-12)17(14-7-9-15(21)10-8-14)23-24(20(18)26)11-16(25)13-5-3-2-4-6-13/h2-10H,11H2,1H3. The molecule has 0 N–H and O–H groups in total. The monoisotopic (exact) mass is 395 g/mol. The number of aryl methyl sites for hydroxylation is 1. The topological polar surface area (TPSA) is 64.8 Å². The molecule has 2 aromatic heterocycles. The van der Waals surface area contributed by atoms with Gasteiger partial charge in [0.05, 0.1) is 9.71 Å². The van der Waals surface area contributed by atoms with E-state index in [9.17, 15) is 9.59 Å². The Labute approximate surface area is 163 Å². The summed E-state index contributed by atoms with van der Waals surface area (Å²) in [5.41, 5.74) is 1.94. The summed E-state index contributed by atoms with van der Waals surface area (Å²) >= 11 is 7.40. The van der Waals surface area contributed by atoms with Crippen molar-refractivity contribution in [2.75, 3.05) is 0 Å². The van der Waals surface area contributed by atoms with Gasteiger partial charge in [-0.2, -0.15) is 5.10 Å². The van der Waals surface area contributed by atoms with E-state index in [1.807, 2.05) is 25.1 Å². The minimum atomic E-state index is -0.364. The van der Waals surface area contributed by atoms with E-state index in [1.165, 1.54) is 16.0 Å². The van der Waals surface area contributed by atoms with Gasteiger partial charge in [-0.3, -0.25) is 9.59 Å². The summed E-state index contributed by atoms with van der Waals surface area (Å²) in [7, 11) is 0. The molecule has 0 unspecified atom stereocenters. The molecule has 2 aromatic carbocycles. The molecule has 2 heterocycles. The fourth-order valence-corrected chi connectivity index (χ4v) is 3.86. The molecule has 4 aromatic rings. The highest BCUT2D eigenvalue weighted by Gasteiger charge is 2.18. The molecule has 0 radical (unpaired) electrons. The molecule has 0 saturated carbocycles. The van der Waals surface area contributed by atoms with Crippen LogP contribution in [-0.4, -0.2) is 20.5 Å². The zero-order chi connectivity index (χ0) is 19.0. The SMILES string of the molecule is Cc1nc2c(=O)n(CC(=O)c3ccccc3)nc(-c3ccc(Cl)cc3)c2s1. The second-order valence-corrected chi connectivity index (χ2v) is 7.66. The largest absolute Gasteiger partial charge is 0.294 e. The van der Waals surface area contributed by atoms with Gasteiger partial charge in [-0.1, -0.05) is 54.1 Å². The van der Waals surface area contributed by atoms with E-state index < -0.39 is 0 Å². The third-order valence-corrected chi connectivity index (χ3v) is 5.34. The summed E-state index contributed by atoms with van der Waals surface area (Å²) in [5, 5.41) is 5.87. The molecular weight excluding hydrogens is 382 g/mol. The first kappa shape index (κ1) is 17.6. The second-order valence-electron chi connectivity index (χ2n) is 6.02. The first-order valence-electron chi connectivity index (χ1n) is 8.25. The molecule has 5 nitrogen and oxygen atoms in total. The molecule has 4 rings (SSSR count). The van der Waals surface area contributed by atoms with E-state index in [0.29, 0.717) is 26.5 Å². The van der Waals surface area contributed by atoms with E-state index in [4.69, 9.17) is 11.6 Å². The van der Waals surface area contributed by atoms with E-state index in [0.717, 1.165) is 10.6 Å². The van der Waals surface area contributed by atoms with Crippen molar-refractivity contribution >= 4 is 38.9 Å². The van der Waals surface area contributed by atoms with Crippen LogP contribution < -0.4 is 5.56 Å². The van der Waals surface area contributed by atoms with Gasteiger partial charge in [0.25, 0.3) is 5.56 Å². The number of benzene rings is 2. The summed E-state index contributed by atoms with van der Waals surface area (Å²) < 4.78 is 1.91. The van der Waals surface area contributed by atoms with Crippen molar-refractivity contribution in [3.05, 3.63) is 80.5 Å². The zero-order valence-electron chi connectivity index (χ0n) is 14.3. The molecule has 27 heavy (non-hydrogen) atoms. The van der Waals surface area contributed by atoms with Crippen LogP contribution in [0.4, 0.5) is 0 Å². The minimum Gasteiger partial charge on any atom is -0.292 e. The van der Waals surface area contributed by atoms with Crippen molar-refractivity contribution in [3.8, 4) is 11.3 Å². The summed E-state index contributed by atoms with van der Waals surface area (Å²) in [6.45, 7) is 1.70. The first-order chi connectivity index (χ1) is 13.0. The van der Waals surface area contributed by atoms with Crippen molar-refractivity contribution in [2.24, 2.45) is 0 Å². The van der Waals surface area contributed by atoms with Crippen LogP contribution in [0.3, 0.4) is 0 Å². The Kier molecular flexibility index (Phi) is 4.59. The number of ketones is 1. The number of hydrogen-bond donors (Lipinski definition) is 0. The second kappa shape index (κ2) is 7.06. The number of rotatable bonds is 4. The number of halogens is 1. The number of hydrogen-bond acceptors (Lipinski definition) is 5. The summed E-state index contributed by atoms with van der Waals surface area (Å²) in [4.78, 5) is 29.7. The van der Waals surface area contributed by atoms with Crippen molar-refractivity contribution in [2.45, 2.75) is 13.5 Å². The molecule has 0 aliphatic rings. The Morgan fingerprint density at radius 3 is 2.52 bits per heavy atom. The predicted molar refractivity (Wildman–Crippen MR) is 108 cm³/mol. The lowest BCUT2D eigenvalue weighted by Crippen LogP contribution is -2.27. The van der Waals surface area contributed by atoms with Crippen molar-refractivity contribution < 1.29 is 4.79 Å². The maximum atomic E-state index is 12.8. The lowest BCUT2D eigenvalue weighted by Gasteiger charge is -2.08. The lowest BCUT2D eigenvalue weighted by molar-refractivity contribution is 0.0966. The van der Waals surface area contributed by atoms with Gasteiger partial charge < -0.3 is 0 Å². The fraction of sp³-hybridized carbons (Fsp3) is 0.100. The quantitative estimate of drug-likeness (QED) is 0.481. The summed E-state index contributed by atoms with van der Waals surface area (Å²) in [5.74, 6) is -0.182. The third-order valence-electron chi connectivity index (χ3n) is 4.11. The summed E-state index contributed by atoms with van der Waals surface area (Å²) in [6, 6.07) is 16.1. The normalized spacial score (nSPS) is 11.0. The molecule has 0 atom stereocenters. The Morgan fingerprint density at radius 2 is 1.81 bits per heavy atom. The number of thiazole rings is 1. The van der Waals surface area contributed by atoms with Crippen molar-refractivity contribution in [1.29, 1.82) is 0 Å². The van der Waals surface area contributed by atoms with E-state index >= 15 is 0 Å². The fourth-order valence-electron chi connectivity index (χ4n) is 2.82. The van der Waals surface area contributed by atoms with Gasteiger partial charge in [0.1, 0.15) is 12.2 Å². The molecule has 0 fully saturated rings. The molecular formula is C20H14ClN3O2S. The molecule has 7 heteroatoms. The molecule has 0 saturated heterocycles. The van der Waals surface area contributed by atoms with Crippen LogP contribution in [0, 0.1) is 6.92 Å². The number of aromatic nitrogens is 3. The zero-order valence-corrected chi connectivity index (χ0v) is 15.9. The number of carbonyl (C=O) groups excluding carboxylic acids is 1. The highest BCUT2D eigenvalue weighted by Crippen LogP contribution is 2.30. The minimum absolute atomic E-state index is 0.143. The van der Waals surface area contributed by atoms with Crippen LogP contribution in [0.2, 0.25) is 5.02 Å². The highest BCUT2D eigenvalue weighted by atomic mass is 35.5. The maximum Gasteiger partial charge on any atom is 0.294 e. The van der Waals surface area contributed by atoms with Gasteiger partial charge >= 0.3 is 0 Å². The smallest absolute Gasteiger partial charge is 0.292 e. The van der Waals surface area contributed by atoms with Crippen LogP contribution in [0.25, 0.3) is 21.5 Å². The van der Waals surface area contributed by atoms with E-state index in [2.05, 4.69) is 10.1 Å². The molecule has 0 aliphatic heterocycles. The van der Waals surface area contributed by atoms with E-state index in [1.54, 1.807) is 36.4 Å². The molecule has 134 valence electrons. The average molecular weight is 396 g/mol. The summed E-state index contributed by atoms with van der Waals surface area (Å²) in [6.07, 6.45) is 0. The van der Waals surface area contributed by atoms with Gasteiger partial charge in [-0.25, -0.2) is 9.67 Å². The van der Waals surface area contributed by atoms with Crippen LogP contribution in [0.1, 0.15) is 15.4 Å². The van der Waals surface area contributed by atoms with Crippen molar-refractivity contribution in [3.63, 3.8) is 0 Å². The molecule has 0 bridgehead atoms. The number of nitrogens with zero attached hydrogens (tertiary/aromatic N) is 3. The van der Waals surface area contributed by atoms with Gasteiger partial charge in [-0.05, 0) is 19.1 Å². The Morgan fingerprint density at radius 1 is 1.11 bits per heavy atom. The number of Topliss-reactive ketones (excluding diaryl/α,β-unsaturated/α-hetero) is 1. The number of carbonyl (C=O) groups is 1. The first-order valence-corrected chi connectivity index (χ1v) is 9.45. The third kappa shape index (κ3) is 3.41. The Hall–Kier alpha value is -2.83. The molecule has 0 spiro atoms. The van der Waals surface area contributed by atoms with Crippen molar-refractivity contribution in [1.82, 2.24) is 14.8 Å². The Bertz CT molecular complexity index is 1200. The van der Waals surface area contributed by atoms with E-state index in [-0.39, 0.29) is 17.9 Å². The van der Waals surface area contributed by atoms with Crippen LogP contribution in [0.15, 0.2) is 59.4 Å². The molecule has 0 aliphatic carbocycles. The number of fused-ring (bicyclic) bond motifs is 1. The van der Waals surface area contributed by atoms with Gasteiger partial charge in [0.15, 0.2) is 11.3 Å². The van der Waals surface area contributed by atoms with Crippen LogP contribution in [0.5, 0.6) is 0 Å². The van der Waals surface area contributed by atoms with Gasteiger partial charge in [0.2, 0.25) is 0 Å². The molecule has 0 amide bonds. The Balaban J connectivity index is 1.86. The predicted octanol–water partition coefficient (Wildman–Crippen LogP) is 4.36. The highest BCUT2D eigenvalue weighted by molar-refractivity contribution is 7.19. The van der Waals surface area contributed by atoms with Gasteiger partial charge in [0, 0.05) is 16.1 Å². The van der Waals surface area contributed by atoms with Crippen LogP contribution >= 0.6 is 22.9 Å². The average Bonchev–Trinajstić information content (AvgIpc) is 3.07. The van der Waals surface area contributed by atoms with Crippen LogP contribution in [-0.2, 0) is 6.54 Å². The lowest BCUT2D eigenvalue weighted by atomic mass is 10.1. The maximum absolute atomic E-state index is 12.8. The van der Waals surface area contributed by atoms with Gasteiger partial charge in [-0.15, -0.1) is 11.3 Å².